The molecule has 1 fully saturated rings. The Balaban J connectivity index is 2.62. The minimum atomic E-state index is -3.51. The smallest absolute Gasteiger partial charge is 0.304 e. The fourth-order valence-corrected chi connectivity index (χ4v) is 3.52. The van der Waals surface area contributed by atoms with E-state index in [2.05, 4.69) is 0 Å². The molecular weight excluding hydrogens is 246 g/mol. The highest BCUT2D eigenvalue weighted by atomic mass is 32.2. The summed E-state index contributed by atoms with van der Waals surface area (Å²) in [7, 11) is -3.51. The second kappa shape index (κ2) is 6.32. The van der Waals surface area contributed by atoms with Crippen LogP contribution in [0.3, 0.4) is 0 Å². The third kappa shape index (κ3) is 4.25. The molecule has 0 aromatic heterocycles. The molecule has 0 radical (unpaired) electrons. The van der Waals surface area contributed by atoms with Crippen LogP contribution in [0.25, 0.3) is 0 Å². The molecule has 0 bridgehead atoms. The lowest BCUT2D eigenvalue weighted by atomic mass is 9.93. The number of nitrogens with zero attached hydrogens (tertiary/aromatic N) is 1. The fraction of sp³-hybridized carbons (Fsp3) is 0.900. The van der Waals surface area contributed by atoms with Gasteiger partial charge >= 0.3 is 5.97 Å². The Labute approximate surface area is 101 Å². The summed E-state index contributed by atoms with van der Waals surface area (Å²) >= 11 is 0. The van der Waals surface area contributed by atoms with Crippen LogP contribution in [-0.2, 0) is 14.8 Å². The van der Waals surface area contributed by atoms with Gasteiger partial charge in [0.05, 0.1) is 12.2 Å². The molecule has 0 aliphatic heterocycles. The summed E-state index contributed by atoms with van der Waals surface area (Å²) < 4.78 is 25.3. The van der Waals surface area contributed by atoms with Crippen molar-refractivity contribution in [3.05, 3.63) is 0 Å². The third-order valence-electron chi connectivity index (χ3n) is 2.95. The van der Waals surface area contributed by atoms with Crippen molar-refractivity contribution < 1.29 is 23.4 Å². The average Bonchev–Trinajstić information content (AvgIpc) is 2.18. The predicted molar refractivity (Wildman–Crippen MR) is 62.1 cm³/mol. The van der Waals surface area contributed by atoms with E-state index < -0.39 is 16.0 Å². The largest absolute Gasteiger partial charge is 0.481 e. The molecule has 100 valence electrons. The number of aliphatic hydroxyl groups excluding tert-OH is 1. The first-order chi connectivity index (χ1) is 7.97. The quantitative estimate of drug-likeness (QED) is 0.645. The normalized spacial score (nSPS) is 17.1. The van der Waals surface area contributed by atoms with Crippen molar-refractivity contribution in [1.82, 2.24) is 4.31 Å². The van der Waals surface area contributed by atoms with E-state index in [1.165, 1.54) is 4.31 Å². The Bertz CT molecular complexity index is 350. The molecule has 1 aliphatic carbocycles. The monoisotopic (exact) mass is 265 g/mol. The average molecular weight is 265 g/mol. The highest BCUT2D eigenvalue weighted by molar-refractivity contribution is 7.89. The van der Waals surface area contributed by atoms with Crippen molar-refractivity contribution in [1.29, 1.82) is 0 Å². The molecule has 0 aromatic rings. The molecule has 17 heavy (non-hydrogen) atoms. The number of carboxylic acids is 1. The molecule has 1 saturated carbocycles. The number of rotatable bonds is 8. The maximum Gasteiger partial charge on any atom is 0.304 e. The topological polar surface area (TPSA) is 94.9 Å². The molecule has 2 N–H and O–H groups in total. The van der Waals surface area contributed by atoms with Gasteiger partial charge in [-0.1, -0.05) is 6.42 Å². The van der Waals surface area contributed by atoms with E-state index in [9.17, 15) is 13.2 Å². The standard InChI is InChI=1S/C10H19NO5S/c12-7-2-6-11(9-3-1-4-9)17(15,16)8-5-10(13)14/h9,12H,1-8H2,(H,13,14). The Kier molecular flexibility index (Phi) is 5.35. The maximum absolute atomic E-state index is 12.0. The second-order valence-electron chi connectivity index (χ2n) is 4.23. The molecule has 0 amide bonds. The van der Waals surface area contributed by atoms with Crippen LogP contribution in [0.15, 0.2) is 0 Å². The lowest BCUT2D eigenvalue weighted by Gasteiger charge is -2.36. The Morgan fingerprint density at radius 3 is 2.41 bits per heavy atom. The van der Waals surface area contributed by atoms with Crippen molar-refractivity contribution in [3.8, 4) is 0 Å². The van der Waals surface area contributed by atoms with Crippen LogP contribution in [0.4, 0.5) is 0 Å². The number of carboxylic acid groups (broad SMARTS) is 1. The van der Waals surface area contributed by atoms with E-state index >= 15 is 0 Å². The fourth-order valence-electron chi connectivity index (χ4n) is 1.78. The number of aliphatic hydroxyl groups is 1. The highest BCUT2D eigenvalue weighted by Gasteiger charge is 2.33. The van der Waals surface area contributed by atoms with Gasteiger partial charge in [0.25, 0.3) is 0 Å². The van der Waals surface area contributed by atoms with Crippen molar-refractivity contribution in [2.45, 2.75) is 38.1 Å². The SMILES string of the molecule is O=C(O)CCS(=O)(=O)N(CCCO)C1CCC1. The summed E-state index contributed by atoms with van der Waals surface area (Å²) in [6.07, 6.45) is 2.69. The molecule has 0 saturated heterocycles. The molecule has 0 aromatic carbocycles. The van der Waals surface area contributed by atoms with Gasteiger partial charge in [0.1, 0.15) is 0 Å². The van der Waals surface area contributed by atoms with Crippen LogP contribution in [0.5, 0.6) is 0 Å². The van der Waals surface area contributed by atoms with Gasteiger partial charge in [0, 0.05) is 19.2 Å². The van der Waals surface area contributed by atoms with E-state index in [1.807, 2.05) is 0 Å². The number of aliphatic carboxylic acids is 1. The lowest BCUT2D eigenvalue weighted by Crippen LogP contribution is -2.46. The van der Waals surface area contributed by atoms with Crippen molar-refractivity contribution in [2.75, 3.05) is 18.9 Å². The molecule has 0 unspecified atom stereocenters. The zero-order chi connectivity index (χ0) is 12.9. The first-order valence-corrected chi connectivity index (χ1v) is 7.40. The molecule has 0 heterocycles. The van der Waals surface area contributed by atoms with Crippen molar-refractivity contribution in [3.63, 3.8) is 0 Å². The molecule has 6 nitrogen and oxygen atoms in total. The second-order valence-corrected chi connectivity index (χ2v) is 6.27. The summed E-state index contributed by atoms with van der Waals surface area (Å²) in [4.78, 5) is 10.4. The van der Waals surface area contributed by atoms with Crippen LogP contribution >= 0.6 is 0 Å². The van der Waals surface area contributed by atoms with Crippen LogP contribution < -0.4 is 0 Å². The number of hydrogen-bond donors (Lipinski definition) is 2. The minimum absolute atomic E-state index is 0.000319. The van der Waals surface area contributed by atoms with E-state index in [1.54, 1.807) is 0 Å². The Morgan fingerprint density at radius 2 is 2.00 bits per heavy atom. The van der Waals surface area contributed by atoms with E-state index in [0.29, 0.717) is 6.42 Å². The molecule has 0 spiro atoms. The summed E-state index contributed by atoms with van der Waals surface area (Å²) in [6.45, 7) is 0.223. The van der Waals surface area contributed by atoms with Gasteiger partial charge in [-0.05, 0) is 19.3 Å². The number of hydrogen-bond acceptors (Lipinski definition) is 4. The Hall–Kier alpha value is -0.660. The number of sulfonamides is 1. The van der Waals surface area contributed by atoms with E-state index in [4.69, 9.17) is 10.2 Å². The first kappa shape index (κ1) is 14.4. The van der Waals surface area contributed by atoms with Gasteiger partial charge in [-0.3, -0.25) is 4.79 Å². The molecule has 0 atom stereocenters. The molecular formula is C10H19NO5S. The predicted octanol–water partition coefficient (Wildman–Crippen LogP) is 0.0278. The first-order valence-electron chi connectivity index (χ1n) is 5.79. The van der Waals surface area contributed by atoms with Crippen LogP contribution in [0.1, 0.15) is 32.1 Å². The van der Waals surface area contributed by atoms with Crippen LogP contribution in [0, 0.1) is 0 Å². The van der Waals surface area contributed by atoms with Crippen molar-refractivity contribution in [2.24, 2.45) is 0 Å². The zero-order valence-corrected chi connectivity index (χ0v) is 10.5. The Morgan fingerprint density at radius 1 is 1.35 bits per heavy atom. The highest BCUT2D eigenvalue weighted by Crippen LogP contribution is 2.27. The van der Waals surface area contributed by atoms with Gasteiger partial charge in [0.2, 0.25) is 10.0 Å². The third-order valence-corrected chi connectivity index (χ3v) is 4.87. The molecule has 7 heteroatoms. The minimum Gasteiger partial charge on any atom is -0.481 e. The maximum atomic E-state index is 12.0. The molecule has 1 aliphatic rings. The lowest BCUT2D eigenvalue weighted by molar-refractivity contribution is -0.136. The van der Waals surface area contributed by atoms with Crippen molar-refractivity contribution >= 4 is 16.0 Å². The van der Waals surface area contributed by atoms with Gasteiger partial charge < -0.3 is 10.2 Å². The zero-order valence-electron chi connectivity index (χ0n) is 9.71. The summed E-state index contributed by atoms with van der Waals surface area (Å²) in [5.74, 6) is -1.46. The van der Waals surface area contributed by atoms with Crippen LogP contribution in [-0.4, -0.2) is 53.9 Å². The van der Waals surface area contributed by atoms with E-state index in [-0.39, 0.29) is 31.4 Å². The summed E-state index contributed by atoms with van der Waals surface area (Å²) in [6, 6.07) is 0.000319. The van der Waals surface area contributed by atoms with Gasteiger partial charge in [-0.2, -0.15) is 4.31 Å². The van der Waals surface area contributed by atoms with Gasteiger partial charge in [-0.15, -0.1) is 0 Å². The molecule has 1 rings (SSSR count). The van der Waals surface area contributed by atoms with Crippen LogP contribution in [0.2, 0.25) is 0 Å². The summed E-state index contributed by atoms with van der Waals surface area (Å²) in [5.41, 5.74) is 0. The van der Waals surface area contributed by atoms with Gasteiger partial charge in [0.15, 0.2) is 0 Å². The van der Waals surface area contributed by atoms with Gasteiger partial charge in [-0.25, -0.2) is 8.42 Å². The summed E-state index contributed by atoms with van der Waals surface area (Å²) in [5, 5.41) is 17.3. The number of carbonyl (C=O) groups is 1. The van der Waals surface area contributed by atoms with E-state index in [0.717, 1.165) is 19.3 Å².